The predicted molar refractivity (Wildman–Crippen MR) is 117 cm³/mol. The number of carbonyl (C=O) groups excluding carboxylic acids is 3. The van der Waals surface area contributed by atoms with E-state index in [4.69, 9.17) is 11.5 Å². The first kappa shape index (κ1) is 29.7. The van der Waals surface area contributed by atoms with Crippen LogP contribution in [0, 0.1) is 5.92 Å². The van der Waals surface area contributed by atoms with Gasteiger partial charge in [0.15, 0.2) is 6.04 Å². The minimum atomic E-state index is -1.55. The minimum absolute atomic E-state index is 0.00460. The minimum Gasteiger partial charge on any atom is -0.480 e. The maximum atomic E-state index is 12.9. The second-order valence-electron chi connectivity index (χ2n) is 8.37. The molecule has 12 nitrogen and oxygen atoms in total. The molecule has 0 aromatic heterocycles. The summed E-state index contributed by atoms with van der Waals surface area (Å²) in [6, 6.07) is -4.91. The van der Waals surface area contributed by atoms with Gasteiger partial charge in [-0.1, -0.05) is 13.8 Å². The predicted octanol–water partition coefficient (Wildman–Crippen LogP) is -2.21. The summed E-state index contributed by atoms with van der Waals surface area (Å²) in [5, 5.41) is 35.6. The lowest BCUT2D eigenvalue weighted by Crippen LogP contribution is -2.59. The van der Waals surface area contributed by atoms with Crippen molar-refractivity contribution in [2.24, 2.45) is 17.4 Å². The van der Waals surface area contributed by atoms with Gasteiger partial charge in [-0.05, 0) is 52.0 Å². The number of amides is 3. The fraction of sp³-hybridized carbons (Fsp3) is 0.800. The molecule has 0 fully saturated rings. The normalized spacial score (nSPS) is 16.9. The first-order chi connectivity index (χ1) is 14.8. The van der Waals surface area contributed by atoms with Crippen molar-refractivity contribution in [2.45, 2.75) is 89.8 Å². The quantitative estimate of drug-likeness (QED) is 0.124. The topological polar surface area (TPSA) is 217 Å². The molecule has 6 atom stereocenters. The van der Waals surface area contributed by atoms with Gasteiger partial charge >= 0.3 is 5.97 Å². The lowest BCUT2D eigenvalue weighted by atomic mass is 10.0. The van der Waals surface area contributed by atoms with Crippen molar-refractivity contribution < 1.29 is 34.5 Å². The van der Waals surface area contributed by atoms with Crippen molar-refractivity contribution in [3.05, 3.63) is 0 Å². The van der Waals surface area contributed by atoms with Gasteiger partial charge in [0.25, 0.3) is 0 Å². The van der Waals surface area contributed by atoms with Crippen LogP contribution in [0.3, 0.4) is 0 Å². The Hall–Kier alpha value is -2.28. The molecule has 12 heteroatoms. The smallest absolute Gasteiger partial charge is 0.328 e. The Morgan fingerprint density at radius 3 is 1.78 bits per heavy atom. The Labute approximate surface area is 188 Å². The molecule has 0 heterocycles. The molecule has 0 saturated carbocycles. The molecule has 0 aromatic carbocycles. The number of carboxylic acids is 1. The summed E-state index contributed by atoms with van der Waals surface area (Å²) in [6.07, 6.45) is -1.00. The molecule has 6 unspecified atom stereocenters. The Morgan fingerprint density at radius 2 is 1.34 bits per heavy atom. The van der Waals surface area contributed by atoms with Crippen molar-refractivity contribution in [1.29, 1.82) is 0 Å². The maximum absolute atomic E-state index is 12.9. The van der Waals surface area contributed by atoms with Gasteiger partial charge in [0.1, 0.15) is 18.1 Å². The molecule has 0 aliphatic rings. The zero-order chi connectivity index (χ0) is 25.0. The molecule has 0 bridgehead atoms. The van der Waals surface area contributed by atoms with E-state index < -0.39 is 60.1 Å². The second kappa shape index (κ2) is 14.7. The van der Waals surface area contributed by atoms with E-state index in [1.54, 1.807) is 0 Å². The first-order valence-electron chi connectivity index (χ1n) is 10.8. The lowest BCUT2D eigenvalue weighted by Gasteiger charge is -2.27. The summed E-state index contributed by atoms with van der Waals surface area (Å²) in [5.41, 5.74) is 11.1. The third-order valence-electron chi connectivity index (χ3n) is 4.79. The standard InChI is InChI=1S/C20H39N5O7/c1-10(2)9-14(24-19(30)15(22)11(3)26)18(29)23-13(7-5-6-8-21)17(28)25-16(12(4)27)20(31)32/h10-16,26-27H,5-9,21-22H2,1-4H3,(H,23,29)(H,24,30)(H,25,28)(H,31,32). The molecule has 10 N–H and O–H groups in total. The molecule has 186 valence electrons. The van der Waals surface area contributed by atoms with E-state index >= 15 is 0 Å². The van der Waals surface area contributed by atoms with E-state index in [0.29, 0.717) is 19.4 Å². The lowest BCUT2D eigenvalue weighted by molar-refractivity contribution is -0.145. The van der Waals surface area contributed by atoms with Crippen molar-refractivity contribution >= 4 is 23.7 Å². The fourth-order valence-electron chi connectivity index (χ4n) is 2.87. The number of nitrogens with one attached hydrogen (secondary N) is 3. The fourth-order valence-corrected chi connectivity index (χ4v) is 2.87. The number of carboxylic acid groups (broad SMARTS) is 1. The number of aliphatic hydroxyl groups is 2. The van der Waals surface area contributed by atoms with Crippen LogP contribution in [0.5, 0.6) is 0 Å². The second-order valence-corrected chi connectivity index (χ2v) is 8.37. The summed E-state index contributed by atoms with van der Waals surface area (Å²) in [7, 11) is 0. The average Bonchev–Trinajstić information content (AvgIpc) is 2.68. The maximum Gasteiger partial charge on any atom is 0.328 e. The third kappa shape index (κ3) is 10.8. The van der Waals surface area contributed by atoms with Crippen molar-refractivity contribution in [3.8, 4) is 0 Å². The van der Waals surface area contributed by atoms with Gasteiger partial charge in [0.05, 0.1) is 12.2 Å². The highest BCUT2D eigenvalue weighted by atomic mass is 16.4. The van der Waals surface area contributed by atoms with E-state index in [-0.39, 0.29) is 18.8 Å². The molecule has 0 rings (SSSR count). The zero-order valence-corrected chi connectivity index (χ0v) is 19.2. The van der Waals surface area contributed by atoms with Gasteiger partial charge in [0.2, 0.25) is 17.7 Å². The molecule has 0 aliphatic carbocycles. The van der Waals surface area contributed by atoms with Crippen LogP contribution in [0.1, 0.15) is 53.4 Å². The van der Waals surface area contributed by atoms with Crippen LogP contribution in [0.15, 0.2) is 0 Å². The van der Waals surface area contributed by atoms with Crippen LogP contribution in [0.2, 0.25) is 0 Å². The number of carbonyl (C=O) groups is 4. The number of rotatable bonds is 15. The Bertz CT molecular complexity index is 627. The summed E-state index contributed by atoms with van der Waals surface area (Å²) < 4.78 is 0. The van der Waals surface area contributed by atoms with Crippen LogP contribution < -0.4 is 27.4 Å². The number of unbranched alkanes of at least 4 members (excludes halogenated alkanes) is 1. The molecule has 0 aromatic rings. The third-order valence-corrected chi connectivity index (χ3v) is 4.79. The molecule has 0 radical (unpaired) electrons. The van der Waals surface area contributed by atoms with E-state index in [0.717, 1.165) is 0 Å². The Kier molecular flexibility index (Phi) is 13.7. The molecule has 32 heavy (non-hydrogen) atoms. The van der Waals surface area contributed by atoms with Crippen molar-refractivity contribution in [2.75, 3.05) is 6.54 Å². The number of hydrogen-bond acceptors (Lipinski definition) is 8. The molecule has 0 aliphatic heterocycles. The Balaban J connectivity index is 5.51. The molecule has 0 saturated heterocycles. The van der Waals surface area contributed by atoms with Gasteiger partial charge in [-0.15, -0.1) is 0 Å². The first-order valence-corrected chi connectivity index (χ1v) is 10.8. The van der Waals surface area contributed by atoms with E-state index in [1.807, 2.05) is 13.8 Å². The number of aliphatic carboxylic acids is 1. The van der Waals surface area contributed by atoms with Crippen LogP contribution >= 0.6 is 0 Å². The van der Waals surface area contributed by atoms with Crippen LogP contribution in [0.25, 0.3) is 0 Å². The van der Waals surface area contributed by atoms with E-state index in [9.17, 15) is 34.5 Å². The van der Waals surface area contributed by atoms with Crippen LogP contribution in [-0.2, 0) is 19.2 Å². The van der Waals surface area contributed by atoms with E-state index in [2.05, 4.69) is 16.0 Å². The van der Waals surface area contributed by atoms with Gasteiger partial charge in [-0.3, -0.25) is 14.4 Å². The van der Waals surface area contributed by atoms with Crippen LogP contribution in [-0.4, -0.2) is 81.9 Å². The molecule has 3 amide bonds. The summed E-state index contributed by atoms with van der Waals surface area (Å²) >= 11 is 0. The average molecular weight is 462 g/mol. The van der Waals surface area contributed by atoms with Gasteiger partial charge in [0, 0.05) is 0 Å². The summed E-state index contributed by atoms with van der Waals surface area (Å²) in [4.78, 5) is 49.1. The SMILES string of the molecule is CC(C)CC(NC(=O)C(N)C(C)O)C(=O)NC(CCCCN)C(=O)NC(C(=O)O)C(C)O. The molecular formula is C20H39N5O7. The van der Waals surface area contributed by atoms with Gasteiger partial charge in [-0.25, -0.2) is 4.79 Å². The van der Waals surface area contributed by atoms with Crippen molar-refractivity contribution in [1.82, 2.24) is 16.0 Å². The number of nitrogens with two attached hydrogens (primary N) is 2. The zero-order valence-electron chi connectivity index (χ0n) is 19.2. The highest BCUT2D eigenvalue weighted by Gasteiger charge is 2.32. The Morgan fingerprint density at radius 1 is 0.812 bits per heavy atom. The molecule has 0 spiro atoms. The summed E-state index contributed by atoms with van der Waals surface area (Å²) in [5.74, 6) is -3.56. The highest BCUT2D eigenvalue weighted by Crippen LogP contribution is 2.09. The van der Waals surface area contributed by atoms with E-state index in [1.165, 1.54) is 13.8 Å². The molecular weight excluding hydrogens is 422 g/mol. The van der Waals surface area contributed by atoms with Gasteiger partial charge < -0.3 is 42.7 Å². The largest absolute Gasteiger partial charge is 0.480 e. The number of hydrogen-bond donors (Lipinski definition) is 8. The van der Waals surface area contributed by atoms with Crippen molar-refractivity contribution in [3.63, 3.8) is 0 Å². The number of aliphatic hydroxyl groups excluding tert-OH is 2. The monoisotopic (exact) mass is 461 g/mol. The summed E-state index contributed by atoms with van der Waals surface area (Å²) in [6.45, 7) is 6.62. The van der Waals surface area contributed by atoms with Gasteiger partial charge in [-0.2, -0.15) is 0 Å². The van der Waals surface area contributed by atoms with Crippen LogP contribution in [0.4, 0.5) is 0 Å². The highest BCUT2D eigenvalue weighted by molar-refractivity contribution is 5.94.